The van der Waals surface area contributed by atoms with E-state index in [1.165, 1.54) is 6.07 Å². The van der Waals surface area contributed by atoms with E-state index in [-0.39, 0.29) is 11.0 Å². The number of hydrogen-bond donors (Lipinski definition) is 3. The molecule has 0 saturated carbocycles. The molecule has 0 bridgehead atoms. The van der Waals surface area contributed by atoms with Gasteiger partial charge in [-0.2, -0.15) is 0 Å². The molecule has 0 fully saturated rings. The topological polar surface area (TPSA) is 108 Å². The van der Waals surface area contributed by atoms with Crippen LogP contribution in [0.2, 0.25) is 0 Å². The highest BCUT2D eigenvalue weighted by atomic mass is 16.6. The predicted octanol–water partition coefficient (Wildman–Crippen LogP) is 0.970. The van der Waals surface area contributed by atoms with Gasteiger partial charge in [0.2, 0.25) is 6.29 Å². The molecule has 1 aliphatic rings. The van der Waals surface area contributed by atoms with Crippen molar-refractivity contribution in [1.29, 1.82) is 0 Å². The lowest BCUT2D eigenvalue weighted by Crippen LogP contribution is -2.24. The molecule has 2 aromatic heterocycles. The monoisotopic (exact) mass is 297 g/mol. The molecule has 110 valence electrons. The number of benzene rings is 1. The van der Waals surface area contributed by atoms with Gasteiger partial charge < -0.3 is 9.84 Å². The molecule has 3 aromatic rings. The molecule has 22 heavy (non-hydrogen) atoms. The van der Waals surface area contributed by atoms with Gasteiger partial charge in [0.25, 0.3) is 5.56 Å². The SMILES string of the molecule is Cc1ccc2c(c1)-c1nc3[nH]c(=O)[nH]c(=O)c3cc1[C@H](O)O2. The van der Waals surface area contributed by atoms with Gasteiger partial charge in [-0.1, -0.05) is 11.6 Å². The predicted molar refractivity (Wildman–Crippen MR) is 78.7 cm³/mol. The zero-order valence-corrected chi connectivity index (χ0v) is 11.5. The number of nitrogens with one attached hydrogen (secondary N) is 2. The van der Waals surface area contributed by atoms with Crippen LogP contribution in [0.15, 0.2) is 33.9 Å². The third kappa shape index (κ3) is 1.76. The highest BCUT2D eigenvalue weighted by Crippen LogP contribution is 2.41. The van der Waals surface area contributed by atoms with Crippen molar-refractivity contribution in [3.63, 3.8) is 0 Å². The Morgan fingerprint density at radius 2 is 2.05 bits per heavy atom. The molecule has 7 nitrogen and oxygen atoms in total. The van der Waals surface area contributed by atoms with Gasteiger partial charge in [-0.3, -0.25) is 14.8 Å². The van der Waals surface area contributed by atoms with Crippen molar-refractivity contribution in [2.24, 2.45) is 0 Å². The first kappa shape index (κ1) is 12.8. The zero-order valence-electron chi connectivity index (χ0n) is 11.5. The van der Waals surface area contributed by atoms with Crippen LogP contribution in [0.1, 0.15) is 17.4 Å². The van der Waals surface area contributed by atoms with Crippen molar-refractivity contribution in [2.45, 2.75) is 13.2 Å². The van der Waals surface area contributed by atoms with Crippen LogP contribution in [0.4, 0.5) is 0 Å². The van der Waals surface area contributed by atoms with Crippen molar-refractivity contribution in [3.8, 4) is 17.0 Å². The average molecular weight is 297 g/mol. The molecule has 0 aliphatic carbocycles. The molecule has 3 heterocycles. The Morgan fingerprint density at radius 1 is 1.23 bits per heavy atom. The third-order valence-electron chi connectivity index (χ3n) is 3.65. The number of aliphatic hydroxyl groups is 1. The summed E-state index contributed by atoms with van der Waals surface area (Å²) in [6.45, 7) is 1.93. The number of H-pyrrole nitrogens is 2. The number of aromatic nitrogens is 3. The van der Waals surface area contributed by atoms with E-state index in [2.05, 4.69) is 15.0 Å². The van der Waals surface area contributed by atoms with Gasteiger partial charge in [-0.25, -0.2) is 9.78 Å². The van der Waals surface area contributed by atoms with Crippen LogP contribution in [0.25, 0.3) is 22.3 Å². The molecule has 0 unspecified atom stereocenters. The van der Waals surface area contributed by atoms with Crippen LogP contribution in [-0.2, 0) is 0 Å². The highest BCUT2D eigenvalue weighted by Gasteiger charge is 2.27. The molecule has 7 heteroatoms. The quantitative estimate of drug-likeness (QED) is 0.573. The number of nitrogens with zero attached hydrogens (tertiary/aromatic N) is 1. The number of hydrogen-bond acceptors (Lipinski definition) is 5. The lowest BCUT2D eigenvalue weighted by Gasteiger charge is -2.24. The Morgan fingerprint density at radius 3 is 2.86 bits per heavy atom. The Kier molecular flexibility index (Phi) is 2.49. The second kappa shape index (κ2) is 4.28. The average Bonchev–Trinajstić information content (AvgIpc) is 2.47. The van der Waals surface area contributed by atoms with Crippen molar-refractivity contribution in [3.05, 3.63) is 56.2 Å². The second-order valence-electron chi connectivity index (χ2n) is 5.20. The maximum atomic E-state index is 11.9. The first-order valence-electron chi connectivity index (χ1n) is 6.66. The fraction of sp³-hybridized carbons (Fsp3) is 0.133. The molecule has 0 amide bonds. The van der Waals surface area contributed by atoms with Crippen LogP contribution in [0.5, 0.6) is 5.75 Å². The first-order chi connectivity index (χ1) is 10.5. The first-order valence-corrected chi connectivity index (χ1v) is 6.66. The fourth-order valence-electron chi connectivity index (χ4n) is 2.63. The number of aromatic amines is 2. The Hall–Kier alpha value is -2.93. The highest BCUT2D eigenvalue weighted by molar-refractivity contribution is 5.82. The summed E-state index contributed by atoms with van der Waals surface area (Å²) in [5.74, 6) is 0.504. The van der Waals surface area contributed by atoms with E-state index in [0.717, 1.165) is 5.56 Å². The minimum atomic E-state index is -1.21. The van der Waals surface area contributed by atoms with E-state index in [4.69, 9.17) is 4.74 Å². The Bertz CT molecular complexity index is 1040. The van der Waals surface area contributed by atoms with Gasteiger partial charge in [-0.05, 0) is 25.1 Å². The molecular weight excluding hydrogens is 286 g/mol. The molecule has 1 atom stereocenters. The maximum Gasteiger partial charge on any atom is 0.327 e. The minimum Gasteiger partial charge on any atom is -0.460 e. The number of aryl methyl sites for hydroxylation is 1. The van der Waals surface area contributed by atoms with E-state index in [1.807, 2.05) is 19.1 Å². The summed E-state index contributed by atoms with van der Waals surface area (Å²) in [6, 6.07) is 6.99. The Labute approximate surface area is 123 Å². The van der Waals surface area contributed by atoms with E-state index in [9.17, 15) is 14.7 Å². The fourth-order valence-corrected chi connectivity index (χ4v) is 2.63. The van der Waals surface area contributed by atoms with Crippen molar-refractivity contribution >= 4 is 11.0 Å². The van der Waals surface area contributed by atoms with Crippen molar-refractivity contribution in [1.82, 2.24) is 15.0 Å². The smallest absolute Gasteiger partial charge is 0.327 e. The largest absolute Gasteiger partial charge is 0.460 e. The molecular formula is C15H11N3O4. The molecule has 0 saturated heterocycles. The number of rotatable bonds is 0. The van der Waals surface area contributed by atoms with Gasteiger partial charge >= 0.3 is 5.69 Å². The molecule has 3 N–H and O–H groups in total. The molecule has 1 aliphatic heterocycles. The minimum absolute atomic E-state index is 0.175. The van der Waals surface area contributed by atoms with E-state index >= 15 is 0 Å². The zero-order chi connectivity index (χ0) is 15.4. The standard InChI is InChI=1S/C15H11N3O4/c1-6-2-3-10-7(4-6)11-8(14(20)22-10)5-9-12(16-11)17-15(21)18-13(9)19/h2-5,14,20H,1H3,(H2,16,17,18,19,21)/t14-/m1/s1. The van der Waals surface area contributed by atoms with Crippen molar-refractivity contribution < 1.29 is 9.84 Å². The third-order valence-corrected chi connectivity index (χ3v) is 3.65. The lowest BCUT2D eigenvalue weighted by atomic mass is 9.99. The number of aliphatic hydroxyl groups excluding tert-OH is 1. The summed E-state index contributed by atoms with van der Waals surface area (Å²) in [4.78, 5) is 32.2. The summed E-state index contributed by atoms with van der Waals surface area (Å²) in [7, 11) is 0. The summed E-state index contributed by atoms with van der Waals surface area (Å²) >= 11 is 0. The molecule has 0 radical (unpaired) electrons. The van der Waals surface area contributed by atoms with E-state index in [0.29, 0.717) is 22.6 Å². The number of pyridine rings is 1. The van der Waals surface area contributed by atoms with Crippen LogP contribution in [0.3, 0.4) is 0 Å². The van der Waals surface area contributed by atoms with Gasteiger partial charge in [-0.15, -0.1) is 0 Å². The van der Waals surface area contributed by atoms with E-state index in [1.54, 1.807) is 6.07 Å². The van der Waals surface area contributed by atoms with Crippen LogP contribution >= 0.6 is 0 Å². The summed E-state index contributed by atoms with van der Waals surface area (Å²) in [5, 5.41) is 10.3. The van der Waals surface area contributed by atoms with Gasteiger partial charge in [0.05, 0.1) is 11.1 Å². The van der Waals surface area contributed by atoms with Gasteiger partial charge in [0.1, 0.15) is 11.4 Å². The summed E-state index contributed by atoms with van der Waals surface area (Å²) < 4.78 is 5.46. The number of ether oxygens (including phenoxy) is 1. The van der Waals surface area contributed by atoms with Crippen LogP contribution in [0, 0.1) is 6.92 Å². The lowest BCUT2D eigenvalue weighted by molar-refractivity contribution is -0.0215. The summed E-state index contributed by atoms with van der Waals surface area (Å²) in [6.07, 6.45) is -1.21. The molecule has 0 spiro atoms. The second-order valence-corrected chi connectivity index (χ2v) is 5.20. The Balaban J connectivity index is 2.13. The van der Waals surface area contributed by atoms with E-state index < -0.39 is 17.5 Å². The van der Waals surface area contributed by atoms with Crippen molar-refractivity contribution in [2.75, 3.05) is 0 Å². The molecule has 4 rings (SSSR count). The summed E-state index contributed by atoms with van der Waals surface area (Å²) in [5.41, 5.74) is 1.59. The van der Waals surface area contributed by atoms with Crippen LogP contribution < -0.4 is 16.0 Å². The van der Waals surface area contributed by atoms with Gasteiger partial charge in [0, 0.05) is 11.1 Å². The van der Waals surface area contributed by atoms with Crippen LogP contribution in [-0.4, -0.2) is 20.1 Å². The molecule has 1 aromatic carbocycles. The normalized spacial score (nSPS) is 16.0. The van der Waals surface area contributed by atoms with Gasteiger partial charge in [0.15, 0.2) is 0 Å². The maximum absolute atomic E-state index is 11.9. The number of fused-ring (bicyclic) bond motifs is 4.